The minimum atomic E-state index is 0.0556. The van der Waals surface area contributed by atoms with Gasteiger partial charge in [-0.25, -0.2) is 0 Å². The van der Waals surface area contributed by atoms with E-state index < -0.39 is 0 Å². The Bertz CT molecular complexity index is 103. The van der Waals surface area contributed by atoms with E-state index in [1.807, 2.05) is 6.92 Å². The molecule has 0 aromatic heterocycles. The summed E-state index contributed by atoms with van der Waals surface area (Å²) in [5, 5.41) is 12.1. The van der Waals surface area contributed by atoms with E-state index in [2.05, 4.69) is 5.16 Å². The van der Waals surface area contributed by atoms with Crippen LogP contribution in [0.3, 0.4) is 0 Å². The van der Waals surface area contributed by atoms with E-state index in [9.17, 15) is 0 Å². The summed E-state index contributed by atoms with van der Waals surface area (Å²) in [6, 6.07) is 0. The van der Waals surface area contributed by atoms with Gasteiger partial charge in [0.2, 0.25) is 0 Å². The second-order valence-electron chi connectivity index (χ2n) is 1.91. The first kappa shape index (κ1) is 5.56. The van der Waals surface area contributed by atoms with Crippen molar-refractivity contribution in [1.29, 1.82) is 0 Å². The van der Waals surface area contributed by atoms with Gasteiger partial charge < -0.3 is 9.94 Å². The van der Waals surface area contributed by atoms with Crippen LogP contribution in [0.1, 0.15) is 6.92 Å². The number of hydrogen-bond donors (Lipinski definition) is 1. The molecule has 1 rings (SSSR count). The summed E-state index contributed by atoms with van der Waals surface area (Å²) in [4.78, 5) is 4.77. The zero-order chi connectivity index (χ0) is 5.98. The van der Waals surface area contributed by atoms with Crippen LogP contribution in [0.2, 0.25) is 0 Å². The lowest BCUT2D eigenvalue weighted by Crippen LogP contribution is -2.17. The largest absolute Gasteiger partial charge is 0.396 e. The Labute approximate surface area is 48.0 Å². The average Bonchev–Trinajstić information content (AvgIpc) is 2.14. The van der Waals surface area contributed by atoms with Crippen molar-refractivity contribution in [3.05, 3.63) is 0 Å². The minimum Gasteiger partial charge on any atom is -0.396 e. The Morgan fingerprint density at radius 1 is 1.88 bits per heavy atom. The van der Waals surface area contributed by atoms with Crippen molar-refractivity contribution in [3.63, 3.8) is 0 Å². The van der Waals surface area contributed by atoms with E-state index in [1.54, 1.807) is 6.21 Å². The highest BCUT2D eigenvalue weighted by Crippen LogP contribution is 2.10. The van der Waals surface area contributed by atoms with E-state index in [0.717, 1.165) is 0 Å². The molecule has 46 valence electrons. The molecule has 8 heavy (non-hydrogen) atoms. The fraction of sp³-hybridized carbons (Fsp3) is 0.800. The average molecular weight is 115 g/mol. The lowest BCUT2D eigenvalue weighted by molar-refractivity contribution is 0.0596. The van der Waals surface area contributed by atoms with Gasteiger partial charge in [-0.15, -0.1) is 0 Å². The van der Waals surface area contributed by atoms with Crippen molar-refractivity contribution < 1.29 is 9.94 Å². The third-order valence-electron chi connectivity index (χ3n) is 1.29. The maximum atomic E-state index is 8.57. The third kappa shape index (κ3) is 0.816. The fourth-order valence-corrected chi connectivity index (χ4v) is 0.604. The Morgan fingerprint density at radius 3 is 2.88 bits per heavy atom. The number of nitrogens with zero attached hydrogens (tertiary/aromatic N) is 1. The first-order valence-electron chi connectivity index (χ1n) is 2.64. The first-order chi connectivity index (χ1) is 3.84. The predicted octanol–water partition coefficient (Wildman–Crippen LogP) is -0.000600. The maximum absolute atomic E-state index is 8.57. The zero-order valence-corrected chi connectivity index (χ0v) is 4.74. The molecule has 0 saturated carbocycles. The van der Waals surface area contributed by atoms with Crippen LogP contribution in [0.4, 0.5) is 0 Å². The molecular formula is C5H9NO2. The summed E-state index contributed by atoms with van der Waals surface area (Å²) in [5.74, 6) is 0.106. The molecule has 0 fully saturated rings. The lowest BCUT2D eigenvalue weighted by Gasteiger charge is -2.05. The normalized spacial score (nSPS) is 35.2. The van der Waals surface area contributed by atoms with Gasteiger partial charge in [0, 0.05) is 0 Å². The fourth-order valence-electron chi connectivity index (χ4n) is 0.604. The number of rotatable bonds is 1. The summed E-state index contributed by atoms with van der Waals surface area (Å²) in [6.07, 6.45) is 1.69. The highest BCUT2D eigenvalue weighted by molar-refractivity contribution is 5.62. The van der Waals surface area contributed by atoms with Crippen molar-refractivity contribution in [2.24, 2.45) is 11.1 Å². The van der Waals surface area contributed by atoms with E-state index in [4.69, 9.17) is 9.94 Å². The molecule has 0 spiro atoms. The Morgan fingerprint density at radius 2 is 2.62 bits per heavy atom. The summed E-state index contributed by atoms with van der Waals surface area (Å²) in [7, 11) is 0. The molecule has 1 aliphatic heterocycles. The minimum absolute atomic E-state index is 0.0556. The van der Waals surface area contributed by atoms with Crippen molar-refractivity contribution in [1.82, 2.24) is 0 Å². The molecule has 1 N–H and O–H groups in total. The smallest absolute Gasteiger partial charge is 0.134 e. The molecule has 0 aromatic rings. The SMILES string of the molecule is CC1ON=C[C@@H]1CO. The van der Waals surface area contributed by atoms with Gasteiger partial charge in [0.15, 0.2) is 0 Å². The van der Waals surface area contributed by atoms with Crippen LogP contribution in [0, 0.1) is 5.92 Å². The van der Waals surface area contributed by atoms with Crippen LogP contribution in [0.15, 0.2) is 5.16 Å². The molecule has 0 saturated heterocycles. The van der Waals surface area contributed by atoms with E-state index >= 15 is 0 Å². The molecule has 0 bridgehead atoms. The van der Waals surface area contributed by atoms with Crippen LogP contribution >= 0.6 is 0 Å². The summed E-state index contributed by atoms with van der Waals surface area (Å²) in [5.41, 5.74) is 0. The molecule has 0 aromatic carbocycles. The summed E-state index contributed by atoms with van der Waals surface area (Å²) in [6.45, 7) is 2.01. The predicted molar refractivity (Wildman–Crippen MR) is 29.6 cm³/mol. The number of oxime groups is 1. The molecule has 0 aliphatic carbocycles. The highest BCUT2D eigenvalue weighted by atomic mass is 16.6. The Kier molecular flexibility index (Phi) is 1.48. The molecule has 3 nitrogen and oxygen atoms in total. The topological polar surface area (TPSA) is 41.8 Å². The quantitative estimate of drug-likeness (QED) is 0.522. The monoisotopic (exact) mass is 115 g/mol. The molecule has 2 atom stereocenters. The Balaban J connectivity index is 2.41. The van der Waals surface area contributed by atoms with E-state index in [1.165, 1.54) is 0 Å². The van der Waals surface area contributed by atoms with Crippen molar-refractivity contribution >= 4 is 6.21 Å². The van der Waals surface area contributed by atoms with Gasteiger partial charge in [0.1, 0.15) is 6.10 Å². The van der Waals surface area contributed by atoms with Gasteiger partial charge >= 0.3 is 0 Å². The molecule has 1 aliphatic rings. The van der Waals surface area contributed by atoms with Gasteiger partial charge in [-0.05, 0) is 6.92 Å². The van der Waals surface area contributed by atoms with Crippen LogP contribution in [0.5, 0.6) is 0 Å². The van der Waals surface area contributed by atoms with Gasteiger partial charge in [-0.1, -0.05) is 5.16 Å². The van der Waals surface area contributed by atoms with Crippen molar-refractivity contribution in [2.75, 3.05) is 6.61 Å². The first-order valence-corrected chi connectivity index (χ1v) is 2.64. The van der Waals surface area contributed by atoms with Gasteiger partial charge in [0.05, 0.1) is 18.7 Å². The van der Waals surface area contributed by atoms with Crippen molar-refractivity contribution in [2.45, 2.75) is 13.0 Å². The second kappa shape index (κ2) is 2.13. The molecule has 3 heteroatoms. The molecule has 1 heterocycles. The number of hydrogen-bond acceptors (Lipinski definition) is 3. The highest BCUT2D eigenvalue weighted by Gasteiger charge is 2.19. The number of aliphatic hydroxyl groups excluding tert-OH is 1. The summed E-state index contributed by atoms with van der Waals surface area (Å²) >= 11 is 0. The van der Waals surface area contributed by atoms with Crippen LogP contribution in [0.25, 0.3) is 0 Å². The second-order valence-corrected chi connectivity index (χ2v) is 1.91. The van der Waals surface area contributed by atoms with Gasteiger partial charge in [0.25, 0.3) is 0 Å². The van der Waals surface area contributed by atoms with Crippen LogP contribution in [-0.2, 0) is 4.84 Å². The van der Waals surface area contributed by atoms with Crippen LogP contribution < -0.4 is 0 Å². The molecule has 1 unspecified atom stereocenters. The van der Waals surface area contributed by atoms with Crippen molar-refractivity contribution in [3.8, 4) is 0 Å². The Hall–Kier alpha value is -0.570. The molecule has 0 amide bonds. The van der Waals surface area contributed by atoms with Gasteiger partial charge in [-0.3, -0.25) is 0 Å². The van der Waals surface area contributed by atoms with Gasteiger partial charge in [-0.2, -0.15) is 0 Å². The third-order valence-corrected chi connectivity index (χ3v) is 1.29. The standard InChI is InChI=1S/C5H9NO2/c1-4-5(3-7)2-6-8-4/h2,4-5,7H,3H2,1H3/t4?,5-/m1/s1. The zero-order valence-electron chi connectivity index (χ0n) is 4.74. The van der Waals surface area contributed by atoms with E-state index in [-0.39, 0.29) is 18.6 Å². The van der Waals surface area contributed by atoms with Crippen LogP contribution in [-0.4, -0.2) is 24.0 Å². The van der Waals surface area contributed by atoms with E-state index in [0.29, 0.717) is 0 Å². The maximum Gasteiger partial charge on any atom is 0.134 e. The number of aliphatic hydroxyl groups is 1. The summed E-state index contributed by atoms with van der Waals surface area (Å²) < 4.78 is 0. The molecule has 0 radical (unpaired) electrons. The lowest BCUT2D eigenvalue weighted by atomic mass is 10.1. The molecular weight excluding hydrogens is 106 g/mol.